The Morgan fingerprint density at radius 3 is 2.65 bits per heavy atom. The maximum absolute atomic E-state index is 13.4. The van der Waals surface area contributed by atoms with Crippen LogP contribution >= 0.6 is 24.0 Å². The molecule has 0 fully saturated rings. The summed E-state index contributed by atoms with van der Waals surface area (Å²) in [6, 6.07) is 14.5. The summed E-state index contributed by atoms with van der Waals surface area (Å²) in [6.45, 7) is 2.56. The number of rotatable bonds is 3. The van der Waals surface area contributed by atoms with E-state index in [-0.39, 0.29) is 23.5 Å². The number of halogens is 2. The van der Waals surface area contributed by atoms with E-state index < -0.39 is 0 Å². The monoisotopic (exact) mass is 457 g/mol. The second-order valence-corrected chi connectivity index (χ2v) is 7.87. The minimum absolute atomic E-state index is 0. The number of aromatic amines is 1. The third kappa shape index (κ3) is 3.92. The topological polar surface area (TPSA) is 75.9 Å². The van der Waals surface area contributed by atoms with Crippen LogP contribution in [0.2, 0.25) is 5.02 Å². The molecule has 31 heavy (non-hydrogen) atoms. The molecule has 0 unspecified atom stereocenters. The molecule has 1 N–H and O–H groups in total. The molecule has 0 aliphatic carbocycles. The molecule has 5 rings (SSSR count). The molecule has 0 saturated heterocycles. The lowest BCUT2D eigenvalue weighted by Gasteiger charge is -2.19. The second-order valence-electron chi connectivity index (χ2n) is 7.46. The van der Waals surface area contributed by atoms with E-state index in [1.165, 1.54) is 10.7 Å². The molecule has 0 spiro atoms. The maximum Gasteiger partial charge on any atom is 0.280 e. The molecule has 1 aliphatic heterocycles. The van der Waals surface area contributed by atoms with Crippen LogP contribution in [0.5, 0.6) is 0 Å². The lowest BCUT2D eigenvalue weighted by atomic mass is 10.2. The molecular formula is C22H21Cl2N5O2. The third-order valence-corrected chi connectivity index (χ3v) is 5.82. The Hall–Kier alpha value is -2.87. The Bertz CT molecular complexity index is 1340. The van der Waals surface area contributed by atoms with Gasteiger partial charge in [0.2, 0.25) is 0 Å². The number of hydrogen-bond donors (Lipinski definition) is 1. The van der Waals surface area contributed by atoms with E-state index in [9.17, 15) is 9.59 Å². The van der Waals surface area contributed by atoms with Crippen molar-refractivity contribution in [2.75, 3.05) is 6.54 Å². The molecule has 1 aliphatic rings. The minimum Gasteiger partial charge on any atom is -0.310 e. The Morgan fingerprint density at radius 1 is 1.06 bits per heavy atom. The molecule has 4 aromatic rings. The average Bonchev–Trinajstić information content (AvgIpc) is 2.92. The van der Waals surface area contributed by atoms with Gasteiger partial charge in [0.05, 0.1) is 33.0 Å². The number of benzene rings is 1. The minimum atomic E-state index is -0.207. The van der Waals surface area contributed by atoms with E-state index in [0.717, 1.165) is 24.4 Å². The predicted octanol–water partition coefficient (Wildman–Crippen LogP) is 3.36. The summed E-state index contributed by atoms with van der Waals surface area (Å²) >= 11 is 6.31. The molecule has 4 heterocycles. The van der Waals surface area contributed by atoms with Gasteiger partial charge < -0.3 is 4.57 Å². The number of hydrogen-bond acceptors (Lipinski definition) is 4. The SMILES string of the molecule is Cl.O=c1c2c3n(c(=O)cc2[nH]n1-c1ccccc1Cl)CCCN(Cc1ccccn1)C3. The summed E-state index contributed by atoms with van der Waals surface area (Å²) in [5.74, 6) is 0. The Morgan fingerprint density at radius 2 is 1.87 bits per heavy atom. The van der Waals surface area contributed by atoms with Gasteiger partial charge in [-0.2, -0.15) is 0 Å². The first-order chi connectivity index (χ1) is 14.6. The predicted molar refractivity (Wildman–Crippen MR) is 123 cm³/mol. The fraction of sp³-hybridized carbons (Fsp3) is 0.227. The van der Waals surface area contributed by atoms with E-state index >= 15 is 0 Å². The number of fused-ring (bicyclic) bond motifs is 3. The van der Waals surface area contributed by atoms with E-state index in [1.54, 1.807) is 22.9 Å². The molecule has 9 heteroatoms. The van der Waals surface area contributed by atoms with Gasteiger partial charge in [-0.25, -0.2) is 4.68 Å². The smallest absolute Gasteiger partial charge is 0.280 e. The molecule has 0 saturated carbocycles. The van der Waals surface area contributed by atoms with Crippen molar-refractivity contribution in [1.82, 2.24) is 24.2 Å². The molecule has 0 bridgehead atoms. The first-order valence-electron chi connectivity index (χ1n) is 9.86. The summed E-state index contributed by atoms with van der Waals surface area (Å²) in [6.07, 6.45) is 2.60. The summed E-state index contributed by atoms with van der Waals surface area (Å²) in [5.41, 5.74) is 2.47. The standard InChI is InChI=1S/C22H20ClN5O2.ClH/c23-16-7-1-2-8-18(16)28-22(30)21-17(25-28)12-20(29)27-11-5-10-26(14-19(21)27)13-15-6-3-4-9-24-15;/h1-4,6-9,12,25H,5,10-11,13-14H2;1H. The van der Waals surface area contributed by atoms with Crippen molar-refractivity contribution in [3.8, 4) is 5.69 Å². The summed E-state index contributed by atoms with van der Waals surface area (Å²) in [7, 11) is 0. The molecule has 0 amide bonds. The van der Waals surface area contributed by atoms with Gasteiger partial charge in [0.25, 0.3) is 11.1 Å². The first-order valence-corrected chi connectivity index (χ1v) is 10.2. The Kier molecular flexibility index (Phi) is 6.00. The van der Waals surface area contributed by atoms with Gasteiger partial charge >= 0.3 is 0 Å². The highest BCUT2D eigenvalue weighted by Crippen LogP contribution is 2.22. The van der Waals surface area contributed by atoms with Crippen molar-refractivity contribution in [2.24, 2.45) is 0 Å². The Balaban J connectivity index is 0.00000231. The lowest BCUT2D eigenvalue weighted by Crippen LogP contribution is -2.27. The van der Waals surface area contributed by atoms with Crippen LogP contribution in [0.15, 0.2) is 64.3 Å². The van der Waals surface area contributed by atoms with Gasteiger partial charge in [-0.1, -0.05) is 29.8 Å². The van der Waals surface area contributed by atoms with Gasteiger partial charge in [0.15, 0.2) is 0 Å². The fourth-order valence-corrected chi connectivity index (χ4v) is 4.34. The van der Waals surface area contributed by atoms with Crippen molar-refractivity contribution in [2.45, 2.75) is 26.1 Å². The van der Waals surface area contributed by atoms with Gasteiger partial charge in [-0.3, -0.25) is 24.6 Å². The van der Waals surface area contributed by atoms with Crippen LogP contribution in [0.4, 0.5) is 0 Å². The number of aromatic nitrogens is 4. The van der Waals surface area contributed by atoms with Crippen molar-refractivity contribution in [3.05, 3.63) is 91.8 Å². The summed E-state index contributed by atoms with van der Waals surface area (Å²) in [4.78, 5) is 32.8. The van der Waals surface area contributed by atoms with Crippen LogP contribution in [0.3, 0.4) is 0 Å². The normalized spacial score (nSPS) is 14.1. The van der Waals surface area contributed by atoms with Crippen LogP contribution < -0.4 is 11.1 Å². The van der Waals surface area contributed by atoms with Gasteiger partial charge in [0.1, 0.15) is 0 Å². The van der Waals surface area contributed by atoms with Crippen LogP contribution in [0, 0.1) is 0 Å². The lowest BCUT2D eigenvalue weighted by molar-refractivity contribution is 0.258. The molecule has 160 valence electrons. The fourth-order valence-electron chi connectivity index (χ4n) is 4.12. The zero-order valence-corrected chi connectivity index (χ0v) is 18.2. The van der Waals surface area contributed by atoms with E-state index in [2.05, 4.69) is 15.0 Å². The number of para-hydroxylation sites is 1. The molecule has 7 nitrogen and oxygen atoms in total. The van der Waals surface area contributed by atoms with Crippen LogP contribution in [0.25, 0.3) is 16.6 Å². The molecular weight excluding hydrogens is 437 g/mol. The summed E-state index contributed by atoms with van der Waals surface area (Å²) < 4.78 is 3.15. The molecule has 0 radical (unpaired) electrons. The average molecular weight is 458 g/mol. The number of nitrogens with zero attached hydrogens (tertiary/aromatic N) is 4. The van der Waals surface area contributed by atoms with Crippen LogP contribution in [-0.2, 0) is 19.6 Å². The van der Waals surface area contributed by atoms with E-state index in [0.29, 0.717) is 41.2 Å². The second kappa shape index (κ2) is 8.70. The third-order valence-electron chi connectivity index (χ3n) is 5.50. The van der Waals surface area contributed by atoms with Crippen molar-refractivity contribution < 1.29 is 0 Å². The number of pyridine rings is 2. The number of nitrogens with one attached hydrogen (secondary N) is 1. The zero-order chi connectivity index (χ0) is 20.7. The summed E-state index contributed by atoms with van der Waals surface area (Å²) in [5, 5.41) is 4.06. The van der Waals surface area contributed by atoms with E-state index in [1.807, 2.05) is 30.3 Å². The quantitative estimate of drug-likeness (QED) is 0.511. The zero-order valence-electron chi connectivity index (χ0n) is 16.6. The molecule has 0 atom stereocenters. The molecule has 3 aromatic heterocycles. The van der Waals surface area contributed by atoms with Gasteiger partial charge in [0, 0.05) is 38.4 Å². The Labute approximate surface area is 189 Å². The highest BCUT2D eigenvalue weighted by atomic mass is 35.5. The highest BCUT2D eigenvalue weighted by molar-refractivity contribution is 6.32. The van der Waals surface area contributed by atoms with Gasteiger partial charge in [-0.15, -0.1) is 12.4 Å². The first kappa shape index (κ1) is 21.4. The van der Waals surface area contributed by atoms with Gasteiger partial charge in [-0.05, 0) is 30.7 Å². The maximum atomic E-state index is 13.4. The molecule has 1 aromatic carbocycles. The van der Waals surface area contributed by atoms with Crippen molar-refractivity contribution in [3.63, 3.8) is 0 Å². The van der Waals surface area contributed by atoms with Crippen molar-refractivity contribution in [1.29, 1.82) is 0 Å². The van der Waals surface area contributed by atoms with Crippen LogP contribution in [0.1, 0.15) is 17.8 Å². The number of H-pyrrole nitrogens is 1. The van der Waals surface area contributed by atoms with Crippen LogP contribution in [-0.4, -0.2) is 30.8 Å². The van der Waals surface area contributed by atoms with Crippen molar-refractivity contribution >= 4 is 34.9 Å². The largest absolute Gasteiger partial charge is 0.310 e. The highest BCUT2D eigenvalue weighted by Gasteiger charge is 2.23. The van der Waals surface area contributed by atoms with E-state index in [4.69, 9.17) is 11.6 Å².